The molecular formula is C17H15F2NO. The van der Waals surface area contributed by atoms with Crippen molar-refractivity contribution in [1.82, 2.24) is 5.32 Å². The van der Waals surface area contributed by atoms with Crippen molar-refractivity contribution in [3.63, 3.8) is 0 Å². The summed E-state index contributed by atoms with van der Waals surface area (Å²) in [6.07, 6.45) is 1.65. The minimum absolute atomic E-state index is 0.00954. The largest absolute Gasteiger partial charge is 0.346 e. The third-order valence-corrected chi connectivity index (χ3v) is 3.83. The molecule has 4 heteroatoms. The minimum atomic E-state index is -0.407. The summed E-state index contributed by atoms with van der Waals surface area (Å²) in [5, 5.41) is 2.95. The van der Waals surface area contributed by atoms with Gasteiger partial charge in [-0.2, -0.15) is 0 Å². The summed E-state index contributed by atoms with van der Waals surface area (Å²) in [5.74, 6) is -0.895. The van der Waals surface area contributed by atoms with Crippen molar-refractivity contribution in [1.29, 1.82) is 0 Å². The van der Waals surface area contributed by atoms with Crippen LogP contribution in [-0.2, 0) is 16.8 Å². The quantitative estimate of drug-likeness (QED) is 0.918. The van der Waals surface area contributed by atoms with Gasteiger partial charge >= 0.3 is 0 Å². The predicted molar refractivity (Wildman–Crippen MR) is 75.6 cm³/mol. The molecule has 1 aliphatic carbocycles. The molecule has 0 spiro atoms. The molecule has 2 aromatic rings. The number of hydrogen-bond acceptors (Lipinski definition) is 1. The molecule has 1 aliphatic rings. The van der Waals surface area contributed by atoms with Gasteiger partial charge in [0.2, 0.25) is 5.91 Å². The fraction of sp³-hybridized carbons (Fsp3) is 0.235. The SMILES string of the molecule is O=C(Cc1ccccc1F)NC1(c2ccc(F)cc2)CC1. The molecule has 0 saturated heterocycles. The van der Waals surface area contributed by atoms with Crippen LogP contribution in [0.25, 0.3) is 0 Å². The van der Waals surface area contributed by atoms with E-state index in [1.807, 2.05) is 0 Å². The van der Waals surface area contributed by atoms with Crippen LogP contribution in [0.15, 0.2) is 48.5 Å². The third kappa shape index (κ3) is 2.94. The van der Waals surface area contributed by atoms with Crippen LogP contribution in [0.3, 0.4) is 0 Å². The van der Waals surface area contributed by atoms with E-state index in [1.54, 1.807) is 30.3 Å². The number of hydrogen-bond donors (Lipinski definition) is 1. The number of nitrogens with one attached hydrogen (secondary N) is 1. The van der Waals surface area contributed by atoms with Gasteiger partial charge in [-0.15, -0.1) is 0 Å². The Morgan fingerprint density at radius 3 is 2.33 bits per heavy atom. The van der Waals surface area contributed by atoms with Crippen LogP contribution in [0.5, 0.6) is 0 Å². The number of amides is 1. The maximum absolute atomic E-state index is 13.5. The monoisotopic (exact) mass is 287 g/mol. The van der Waals surface area contributed by atoms with Gasteiger partial charge in [-0.25, -0.2) is 8.78 Å². The Bertz CT molecular complexity index is 663. The smallest absolute Gasteiger partial charge is 0.225 e. The Morgan fingerprint density at radius 2 is 1.71 bits per heavy atom. The van der Waals surface area contributed by atoms with Crippen LogP contribution in [0.4, 0.5) is 8.78 Å². The van der Waals surface area contributed by atoms with Gasteiger partial charge in [-0.05, 0) is 42.2 Å². The molecule has 2 nitrogen and oxygen atoms in total. The Morgan fingerprint density at radius 1 is 1.05 bits per heavy atom. The van der Waals surface area contributed by atoms with E-state index in [4.69, 9.17) is 0 Å². The van der Waals surface area contributed by atoms with Crippen molar-refractivity contribution in [2.24, 2.45) is 0 Å². The maximum atomic E-state index is 13.5. The Balaban J connectivity index is 1.70. The lowest BCUT2D eigenvalue weighted by Gasteiger charge is -2.18. The van der Waals surface area contributed by atoms with Gasteiger partial charge < -0.3 is 5.32 Å². The second-order valence-corrected chi connectivity index (χ2v) is 5.41. The minimum Gasteiger partial charge on any atom is -0.346 e. The van der Waals surface area contributed by atoms with Crippen molar-refractivity contribution in [3.8, 4) is 0 Å². The average Bonchev–Trinajstić information content (AvgIpc) is 3.23. The van der Waals surface area contributed by atoms with Crippen molar-refractivity contribution in [3.05, 3.63) is 71.3 Å². The first-order chi connectivity index (χ1) is 10.1. The topological polar surface area (TPSA) is 29.1 Å². The zero-order valence-electron chi connectivity index (χ0n) is 11.4. The zero-order valence-corrected chi connectivity index (χ0v) is 11.4. The van der Waals surface area contributed by atoms with Crippen LogP contribution in [0.1, 0.15) is 24.0 Å². The second kappa shape index (κ2) is 5.28. The van der Waals surface area contributed by atoms with Crippen molar-refractivity contribution in [2.45, 2.75) is 24.8 Å². The molecule has 1 fully saturated rings. The van der Waals surface area contributed by atoms with Gasteiger partial charge in [0, 0.05) is 0 Å². The number of carbonyl (C=O) groups is 1. The van der Waals surface area contributed by atoms with Crippen LogP contribution < -0.4 is 5.32 Å². The first-order valence-corrected chi connectivity index (χ1v) is 6.90. The first kappa shape index (κ1) is 13.7. The number of carbonyl (C=O) groups excluding carboxylic acids is 1. The van der Waals surface area contributed by atoms with E-state index in [9.17, 15) is 13.6 Å². The van der Waals surface area contributed by atoms with Gasteiger partial charge in [0.05, 0.1) is 12.0 Å². The molecule has 3 rings (SSSR count). The Kier molecular flexibility index (Phi) is 3.45. The highest BCUT2D eigenvalue weighted by Gasteiger charge is 2.45. The molecule has 0 atom stereocenters. The predicted octanol–water partition coefficient (Wildman–Crippen LogP) is 3.31. The van der Waals surface area contributed by atoms with Gasteiger partial charge in [0.25, 0.3) is 0 Å². The summed E-state index contributed by atoms with van der Waals surface area (Å²) in [4.78, 5) is 12.1. The molecule has 1 N–H and O–H groups in total. The second-order valence-electron chi connectivity index (χ2n) is 5.41. The highest BCUT2D eigenvalue weighted by Crippen LogP contribution is 2.45. The van der Waals surface area contributed by atoms with Crippen molar-refractivity contribution < 1.29 is 13.6 Å². The molecule has 0 bridgehead atoms. The molecule has 108 valence electrons. The average molecular weight is 287 g/mol. The van der Waals surface area contributed by atoms with E-state index in [2.05, 4.69) is 5.32 Å². The van der Waals surface area contributed by atoms with Gasteiger partial charge in [0.1, 0.15) is 11.6 Å². The highest BCUT2D eigenvalue weighted by atomic mass is 19.1. The molecule has 21 heavy (non-hydrogen) atoms. The fourth-order valence-corrected chi connectivity index (χ4v) is 2.51. The maximum Gasteiger partial charge on any atom is 0.225 e. The van der Waals surface area contributed by atoms with E-state index in [1.165, 1.54) is 18.2 Å². The molecule has 1 saturated carbocycles. The van der Waals surface area contributed by atoms with Crippen LogP contribution in [0.2, 0.25) is 0 Å². The fourth-order valence-electron chi connectivity index (χ4n) is 2.51. The van der Waals surface area contributed by atoms with Crippen LogP contribution >= 0.6 is 0 Å². The normalized spacial score (nSPS) is 15.5. The number of halogens is 2. The Labute approximate surface area is 121 Å². The summed E-state index contributed by atoms with van der Waals surface area (Å²) in [6, 6.07) is 12.4. The van der Waals surface area contributed by atoms with Crippen molar-refractivity contribution >= 4 is 5.91 Å². The summed E-state index contributed by atoms with van der Waals surface area (Å²) in [7, 11) is 0. The molecule has 0 radical (unpaired) electrons. The van der Waals surface area contributed by atoms with E-state index in [-0.39, 0.29) is 24.0 Å². The van der Waals surface area contributed by atoms with Crippen LogP contribution in [-0.4, -0.2) is 5.91 Å². The molecule has 0 heterocycles. The highest BCUT2D eigenvalue weighted by molar-refractivity contribution is 5.80. The molecule has 2 aromatic carbocycles. The van der Waals surface area contributed by atoms with Crippen molar-refractivity contribution in [2.75, 3.05) is 0 Å². The lowest BCUT2D eigenvalue weighted by Crippen LogP contribution is -2.36. The Hall–Kier alpha value is -2.23. The van der Waals surface area contributed by atoms with E-state index in [0.717, 1.165) is 18.4 Å². The van der Waals surface area contributed by atoms with E-state index >= 15 is 0 Å². The summed E-state index contributed by atoms with van der Waals surface area (Å²) in [6.45, 7) is 0. The molecule has 0 aromatic heterocycles. The third-order valence-electron chi connectivity index (χ3n) is 3.83. The number of benzene rings is 2. The lowest BCUT2D eigenvalue weighted by atomic mass is 10.0. The lowest BCUT2D eigenvalue weighted by molar-refractivity contribution is -0.121. The summed E-state index contributed by atoms with van der Waals surface area (Å²) >= 11 is 0. The zero-order chi connectivity index (χ0) is 14.9. The van der Waals surface area contributed by atoms with Gasteiger partial charge in [0.15, 0.2) is 0 Å². The summed E-state index contributed by atoms with van der Waals surface area (Å²) < 4.78 is 26.5. The standard InChI is InChI=1S/C17H15F2NO/c18-14-7-5-13(6-8-14)17(9-10-17)20-16(21)11-12-3-1-2-4-15(12)19/h1-8H,9-11H2,(H,20,21). The number of rotatable bonds is 4. The molecule has 0 unspecified atom stereocenters. The molecular weight excluding hydrogens is 272 g/mol. The van der Waals surface area contributed by atoms with Gasteiger partial charge in [-0.3, -0.25) is 4.79 Å². The van der Waals surface area contributed by atoms with Crippen LogP contribution in [0, 0.1) is 11.6 Å². The summed E-state index contributed by atoms with van der Waals surface area (Å²) in [5.41, 5.74) is 0.867. The molecule has 1 amide bonds. The van der Waals surface area contributed by atoms with E-state index in [0.29, 0.717) is 5.56 Å². The van der Waals surface area contributed by atoms with E-state index < -0.39 is 5.54 Å². The van der Waals surface area contributed by atoms with Gasteiger partial charge in [-0.1, -0.05) is 30.3 Å². The first-order valence-electron chi connectivity index (χ1n) is 6.90. The molecule has 0 aliphatic heterocycles.